The van der Waals surface area contributed by atoms with Gasteiger partial charge in [-0.3, -0.25) is 0 Å². The molecular weight excluding hydrogens is 288 g/mol. The third-order valence-corrected chi connectivity index (χ3v) is 5.49. The van der Waals surface area contributed by atoms with E-state index in [0.717, 1.165) is 0 Å². The summed E-state index contributed by atoms with van der Waals surface area (Å²) < 4.78 is 0. The first-order valence-electron chi connectivity index (χ1n) is 8.91. The summed E-state index contributed by atoms with van der Waals surface area (Å²) in [4.78, 5) is 0. The SMILES string of the molecule is C1=C(c2ccccc2)C2=C(CC1)CCc1c2ccc2ccccc12. The van der Waals surface area contributed by atoms with Crippen LogP contribution in [0.1, 0.15) is 36.0 Å². The molecule has 3 aromatic carbocycles. The first-order valence-corrected chi connectivity index (χ1v) is 8.91. The highest BCUT2D eigenvalue weighted by Crippen LogP contribution is 2.46. The Labute approximate surface area is 143 Å². The lowest BCUT2D eigenvalue weighted by molar-refractivity contribution is 0.833. The van der Waals surface area contributed by atoms with Gasteiger partial charge in [-0.1, -0.05) is 78.4 Å². The minimum atomic E-state index is 1.17. The van der Waals surface area contributed by atoms with E-state index in [2.05, 4.69) is 72.8 Å². The van der Waals surface area contributed by atoms with Crippen molar-refractivity contribution in [1.82, 2.24) is 0 Å². The van der Waals surface area contributed by atoms with E-state index in [1.165, 1.54) is 64.3 Å². The molecule has 0 heteroatoms. The molecule has 2 aliphatic rings. The Morgan fingerprint density at radius 1 is 0.667 bits per heavy atom. The molecule has 0 bridgehead atoms. The first kappa shape index (κ1) is 13.8. The molecule has 0 aliphatic heterocycles. The third kappa shape index (κ3) is 2.06. The molecule has 0 atom stereocenters. The molecule has 116 valence electrons. The fourth-order valence-corrected chi connectivity index (χ4v) is 4.39. The van der Waals surface area contributed by atoms with Crippen LogP contribution in [0.3, 0.4) is 0 Å². The Balaban J connectivity index is 1.75. The van der Waals surface area contributed by atoms with Crippen molar-refractivity contribution >= 4 is 21.9 Å². The van der Waals surface area contributed by atoms with Crippen molar-refractivity contribution in [3.63, 3.8) is 0 Å². The van der Waals surface area contributed by atoms with E-state index in [4.69, 9.17) is 0 Å². The molecule has 3 aromatic rings. The Hall–Kier alpha value is -2.60. The molecule has 24 heavy (non-hydrogen) atoms. The number of rotatable bonds is 1. The van der Waals surface area contributed by atoms with Crippen LogP contribution in [0.2, 0.25) is 0 Å². The summed E-state index contributed by atoms with van der Waals surface area (Å²) in [7, 11) is 0. The summed E-state index contributed by atoms with van der Waals surface area (Å²) in [6.45, 7) is 0. The molecule has 0 nitrogen and oxygen atoms in total. The summed E-state index contributed by atoms with van der Waals surface area (Å²) >= 11 is 0. The predicted octanol–water partition coefficient (Wildman–Crippen LogP) is 6.42. The molecule has 0 radical (unpaired) electrons. The van der Waals surface area contributed by atoms with Gasteiger partial charge < -0.3 is 0 Å². The lowest BCUT2D eigenvalue weighted by Crippen LogP contribution is -2.10. The van der Waals surface area contributed by atoms with Crippen LogP contribution in [0.15, 0.2) is 78.4 Å². The second-order valence-corrected chi connectivity index (χ2v) is 6.81. The predicted molar refractivity (Wildman–Crippen MR) is 103 cm³/mol. The number of hydrogen-bond acceptors (Lipinski definition) is 0. The van der Waals surface area contributed by atoms with E-state index in [0.29, 0.717) is 0 Å². The van der Waals surface area contributed by atoms with Crippen LogP contribution in [0.5, 0.6) is 0 Å². The molecule has 0 saturated carbocycles. The number of allylic oxidation sites excluding steroid dienone is 4. The smallest absolute Gasteiger partial charge is 0.0113 e. The van der Waals surface area contributed by atoms with Crippen LogP contribution < -0.4 is 0 Å². The van der Waals surface area contributed by atoms with E-state index in [9.17, 15) is 0 Å². The van der Waals surface area contributed by atoms with Crippen molar-refractivity contribution in [3.05, 3.63) is 95.1 Å². The average molecular weight is 308 g/mol. The van der Waals surface area contributed by atoms with Gasteiger partial charge in [0.25, 0.3) is 0 Å². The maximum atomic E-state index is 2.44. The maximum Gasteiger partial charge on any atom is -0.0113 e. The van der Waals surface area contributed by atoms with Gasteiger partial charge in [0.2, 0.25) is 0 Å². The van der Waals surface area contributed by atoms with Gasteiger partial charge in [-0.05, 0) is 64.3 Å². The van der Waals surface area contributed by atoms with Crippen molar-refractivity contribution in [2.24, 2.45) is 0 Å². The normalized spacial score (nSPS) is 16.6. The molecule has 0 aromatic heterocycles. The van der Waals surface area contributed by atoms with Gasteiger partial charge in [0.1, 0.15) is 0 Å². The topological polar surface area (TPSA) is 0 Å². The Morgan fingerprint density at radius 2 is 1.50 bits per heavy atom. The highest BCUT2D eigenvalue weighted by molar-refractivity contribution is 6.10. The van der Waals surface area contributed by atoms with Crippen molar-refractivity contribution in [3.8, 4) is 0 Å². The second-order valence-electron chi connectivity index (χ2n) is 6.81. The van der Waals surface area contributed by atoms with Gasteiger partial charge >= 0.3 is 0 Å². The lowest BCUT2D eigenvalue weighted by Gasteiger charge is -2.29. The highest BCUT2D eigenvalue weighted by atomic mass is 14.3. The first-order chi connectivity index (χ1) is 11.9. The fraction of sp³-hybridized carbons (Fsp3) is 0.167. The van der Waals surface area contributed by atoms with E-state index >= 15 is 0 Å². The average Bonchev–Trinajstić information content (AvgIpc) is 2.67. The summed E-state index contributed by atoms with van der Waals surface area (Å²) in [6, 6.07) is 24.4. The molecular formula is C24H20. The van der Waals surface area contributed by atoms with Gasteiger partial charge in [-0.25, -0.2) is 0 Å². The quantitative estimate of drug-likeness (QED) is 0.487. The van der Waals surface area contributed by atoms with E-state index in [1.807, 2.05) is 0 Å². The summed E-state index contributed by atoms with van der Waals surface area (Å²) in [5.74, 6) is 0. The van der Waals surface area contributed by atoms with E-state index in [1.54, 1.807) is 5.57 Å². The van der Waals surface area contributed by atoms with Crippen LogP contribution in [0.4, 0.5) is 0 Å². The fourth-order valence-electron chi connectivity index (χ4n) is 4.39. The molecule has 0 fully saturated rings. The minimum Gasteiger partial charge on any atom is -0.0757 e. The van der Waals surface area contributed by atoms with Crippen molar-refractivity contribution in [2.75, 3.05) is 0 Å². The Kier molecular flexibility index (Phi) is 3.16. The van der Waals surface area contributed by atoms with Crippen molar-refractivity contribution in [2.45, 2.75) is 25.7 Å². The molecule has 0 heterocycles. The molecule has 0 unspecified atom stereocenters. The maximum absolute atomic E-state index is 2.44. The van der Waals surface area contributed by atoms with E-state index in [-0.39, 0.29) is 0 Å². The Bertz CT molecular complexity index is 987. The van der Waals surface area contributed by atoms with Crippen LogP contribution in [-0.2, 0) is 6.42 Å². The summed E-state index contributed by atoms with van der Waals surface area (Å²) in [5.41, 5.74) is 8.96. The summed E-state index contributed by atoms with van der Waals surface area (Å²) in [6.07, 6.45) is 7.22. The number of aryl methyl sites for hydroxylation is 1. The van der Waals surface area contributed by atoms with Crippen LogP contribution in [0.25, 0.3) is 21.9 Å². The lowest BCUT2D eigenvalue weighted by atomic mass is 9.75. The van der Waals surface area contributed by atoms with Crippen LogP contribution in [0, 0.1) is 0 Å². The van der Waals surface area contributed by atoms with E-state index < -0.39 is 0 Å². The Morgan fingerprint density at radius 3 is 2.42 bits per heavy atom. The minimum absolute atomic E-state index is 1.17. The van der Waals surface area contributed by atoms with Gasteiger partial charge in [-0.2, -0.15) is 0 Å². The molecule has 0 saturated heterocycles. The van der Waals surface area contributed by atoms with Crippen LogP contribution in [-0.4, -0.2) is 0 Å². The second kappa shape index (κ2) is 5.49. The van der Waals surface area contributed by atoms with Crippen molar-refractivity contribution in [1.29, 1.82) is 0 Å². The van der Waals surface area contributed by atoms with Gasteiger partial charge in [0.05, 0.1) is 0 Å². The number of hydrogen-bond donors (Lipinski definition) is 0. The summed E-state index contributed by atoms with van der Waals surface area (Å²) in [5, 5.41) is 2.79. The van der Waals surface area contributed by atoms with Gasteiger partial charge in [-0.15, -0.1) is 0 Å². The molecule has 0 amide bonds. The van der Waals surface area contributed by atoms with Gasteiger partial charge in [0.15, 0.2) is 0 Å². The third-order valence-electron chi connectivity index (χ3n) is 5.49. The largest absolute Gasteiger partial charge is 0.0757 e. The zero-order valence-electron chi connectivity index (χ0n) is 13.8. The monoisotopic (exact) mass is 308 g/mol. The molecule has 0 N–H and O–H groups in total. The zero-order valence-corrected chi connectivity index (χ0v) is 13.8. The zero-order chi connectivity index (χ0) is 15.9. The number of benzene rings is 3. The standard InChI is InChI=1S/C24H20/c1-2-7-17(8-3-1)21-12-6-10-19-14-15-22-20-11-5-4-9-18(20)13-16-23(22)24(19)21/h1-5,7-9,11-13,16H,6,10,14-15H2. The number of fused-ring (bicyclic) bond motifs is 4. The molecule has 2 aliphatic carbocycles. The highest BCUT2D eigenvalue weighted by Gasteiger charge is 2.25. The molecule has 0 spiro atoms. The van der Waals surface area contributed by atoms with Gasteiger partial charge in [0, 0.05) is 0 Å². The van der Waals surface area contributed by atoms with Crippen LogP contribution >= 0.6 is 0 Å². The van der Waals surface area contributed by atoms with Crippen molar-refractivity contribution < 1.29 is 0 Å². The molecule has 5 rings (SSSR count).